The highest BCUT2D eigenvalue weighted by molar-refractivity contribution is 7.09. The van der Waals surface area contributed by atoms with Crippen LogP contribution in [0.25, 0.3) is 0 Å². The third kappa shape index (κ3) is 6.36. The van der Waals surface area contributed by atoms with Crippen molar-refractivity contribution in [3.8, 4) is 0 Å². The van der Waals surface area contributed by atoms with Crippen molar-refractivity contribution in [3.63, 3.8) is 0 Å². The molecule has 0 aliphatic heterocycles. The highest BCUT2D eigenvalue weighted by atomic mass is 31.0. The van der Waals surface area contributed by atoms with Crippen LogP contribution in [0.3, 0.4) is 0 Å². The quantitative estimate of drug-likeness (QED) is 0.349. The zero-order valence-electron chi connectivity index (χ0n) is 14.8. The van der Waals surface area contributed by atoms with Gasteiger partial charge < -0.3 is 4.52 Å². The van der Waals surface area contributed by atoms with Gasteiger partial charge in [-0.1, -0.05) is 0 Å². The van der Waals surface area contributed by atoms with Crippen molar-refractivity contribution in [2.75, 3.05) is 13.2 Å². The molecule has 0 aliphatic rings. The highest BCUT2D eigenvalue weighted by Gasteiger charge is 2.29. The average molecular weight is 305 g/mol. The zero-order valence-corrected chi connectivity index (χ0v) is 15.9. The number of hydrogen-bond donors (Lipinski definition) is 0. The van der Waals surface area contributed by atoms with Crippen molar-refractivity contribution in [1.82, 2.24) is 15.1 Å². The normalized spacial score (nSPS) is 13.2. The SMILES string of the molecule is CC(C)N(C(C)C)N(CCCOP)N(C(C)C)C(C)C. The fraction of sp³-hybridized carbons (Fsp3) is 1.00. The summed E-state index contributed by atoms with van der Waals surface area (Å²) in [7, 11) is 2.34. The van der Waals surface area contributed by atoms with E-state index < -0.39 is 0 Å². The Bertz CT molecular complexity index is 211. The van der Waals surface area contributed by atoms with Crippen LogP contribution in [-0.4, -0.2) is 52.5 Å². The van der Waals surface area contributed by atoms with Gasteiger partial charge in [0.25, 0.3) is 0 Å². The van der Waals surface area contributed by atoms with Crippen molar-refractivity contribution in [1.29, 1.82) is 0 Å². The first-order chi connectivity index (χ1) is 9.23. The largest absolute Gasteiger partial charge is 0.366 e. The van der Waals surface area contributed by atoms with E-state index in [2.05, 4.69) is 80.0 Å². The Hall–Kier alpha value is 0.270. The molecule has 1 unspecified atom stereocenters. The fourth-order valence-corrected chi connectivity index (χ4v) is 3.07. The van der Waals surface area contributed by atoms with Crippen LogP contribution in [0.5, 0.6) is 0 Å². The summed E-state index contributed by atoms with van der Waals surface area (Å²) in [5, 5.41) is 7.39. The Morgan fingerprint density at radius 3 is 1.35 bits per heavy atom. The van der Waals surface area contributed by atoms with Gasteiger partial charge in [0.1, 0.15) is 0 Å². The van der Waals surface area contributed by atoms with Crippen molar-refractivity contribution < 1.29 is 4.52 Å². The first kappa shape index (κ1) is 20.3. The average Bonchev–Trinajstić information content (AvgIpc) is 2.26. The molecule has 0 aromatic rings. The number of rotatable bonds is 10. The second-order valence-corrected chi connectivity index (χ2v) is 6.79. The van der Waals surface area contributed by atoms with Gasteiger partial charge >= 0.3 is 0 Å². The van der Waals surface area contributed by atoms with Crippen LogP contribution in [-0.2, 0) is 4.52 Å². The molecule has 0 bridgehead atoms. The Labute approximate surface area is 129 Å². The van der Waals surface area contributed by atoms with Crippen LogP contribution in [0.1, 0.15) is 61.8 Å². The molecular weight excluding hydrogens is 269 g/mol. The molecule has 1 atom stereocenters. The summed E-state index contributed by atoms with van der Waals surface area (Å²) in [6, 6.07) is 1.91. The lowest BCUT2D eigenvalue weighted by atomic mass is 10.2. The molecule has 0 saturated heterocycles. The monoisotopic (exact) mass is 305 g/mol. The van der Waals surface area contributed by atoms with Crippen LogP contribution >= 0.6 is 9.47 Å². The molecule has 0 aromatic heterocycles. The Morgan fingerprint density at radius 1 is 0.750 bits per heavy atom. The molecule has 0 spiro atoms. The lowest BCUT2D eigenvalue weighted by molar-refractivity contribution is -0.238. The van der Waals surface area contributed by atoms with Gasteiger partial charge in [0.2, 0.25) is 0 Å². The van der Waals surface area contributed by atoms with Gasteiger partial charge in [-0.2, -0.15) is 5.12 Å². The molecule has 0 N–H and O–H groups in total. The Balaban J connectivity index is 5.20. The molecule has 122 valence electrons. The van der Waals surface area contributed by atoms with Crippen LogP contribution in [0.4, 0.5) is 0 Å². The first-order valence-electron chi connectivity index (χ1n) is 7.89. The minimum atomic E-state index is 0.479. The van der Waals surface area contributed by atoms with Crippen LogP contribution in [0.2, 0.25) is 0 Å². The molecule has 5 heteroatoms. The van der Waals surface area contributed by atoms with E-state index in [9.17, 15) is 0 Å². The predicted octanol–water partition coefficient (Wildman–Crippen LogP) is 3.55. The van der Waals surface area contributed by atoms with Gasteiger partial charge in [0, 0.05) is 40.2 Å². The molecule has 0 heterocycles. The smallest absolute Gasteiger partial charge is 0.0515 e. The van der Waals surface area contributed by atoms with E-state index in [-0.39, 0.29) is 0 Å². The van der Waals surface area contributed by atoms with Crippen LogP contribution in [0.15, 0.2) is 0 Å². The summed E-state index contributed by atoms with van der Waals surface area (Å²) in [5.41, 5.74) is 0. The minimum Gasteiger partial charge on any atom is -0.366 e. The van der Waals surface area contributed by atoms with Crippen molar-refractivity contribution in [2.24, 2.45) is 0 Å². The fourth-order valence-electron chi connectivity index (χ4n) is 2.90. The van der Waals surface area contributed by atoms with Crippen LogP contribution in [0, 0.1) is 0 Å². The maximum absolute atomic E-state index is 5.15. The van der Waals surface area contributed by atoms with Gasteiger partial charge in [-0.25, -0.2) is 10.0 Å². The summed E-state index contributed by atoms with van der Waals surface area (Å²) >= 11 is 0. The highest BCUT2D eigenvalue weighted by Crippen LogP contribution is 2.19. The molecular formula is C15H36N3OP. The third-order valence-corrected chi connectivity index (χ3v) is 3.51. The van der Waals surface area contributed by atoms with Gasteiger partial charge in [-0.15, -0.1) is 0 Å². The van der Waals surface area contributed by atoms with Crippen molar-refractivity contribution in [2.45, 2.75) is 86.0 Å². The maximum Gasteiger partial charge on any atom is 0.0515 e. The topological polar surface area (TPSA) is 19.0 Å². The van der Waals surface area contributed by atoms with Crippen LogP contribution < -0.4 is 0 Å². The summed E-state index contributed by atoms with van der Waals surface area (Å²) in [5.74, 6) is 0. The van der Waals surface area contributed by atoms with E-state index in [0.717, 1.165) is 19.6 Å². The van der Waals surface area contributed by atoms with E-state index in [1.807, 2.05) is 0 Å². The van der Waals surface area contributed by atoms with E-state index in [0.29, 0.717) is 24.2 Å². The Morgan fingerprint density at radius 2 is 1.10 bits per heavy atom. The van der Waals surface area contributed by atoms with Gasteiger partial charge in [-0.3, -0.25) is 0 Å². The summed E-state index contributed by atoms with van der Waals surface area (Å²) in [6.45, 7) is 19.9. The zero-order chi connectivity index (χ0) is 15.9. The van der Waals surface area contributed by atoms with Crippen molar-refractivity contribution in [3.05, 3.63) is 0 Å². The summed E-state index contributed by atoms with van der Waals surface area (Å²) in [4.78, 5) is 0. The maximum atomic E-state index is 5.15. The molecule has 0 fully saturated rings. The van der Waals surface area contributed by atoms with Gasteiger partial charge in [0.05, 0.1) is 6.61 Å². The third-order valence-electron chi connectivity index (χ3n) is 3.27. The molecule has 20 heavy (non-hydrogen) atoms. The molecule has 0 aliphatic carbocycles. The lowest BCUT2D eigenvalue weighted by Gasteiger charge is -2.49. The number of nitrogens with zero attached hydrogens (tertiary/aromatic N) is 3. The van der Waals surface area contributed by atoms with E-state index in [4.69, 9.17) is 4.52 Å². The molecule has 4 nitrogen and oxygen atoms in total. The molecule has 0 radical (unpaired) electrons. The second-order valence-electron chi connectivity index (χ2n) is 6.46. The molecule has 0 saturated carbocycles. The van der Waals surface area contributed by atoms with E-state index in [1.165, 1.54) is 0 Å². The molecule has 0 rings (SSSR count). The predicted molar refractivity (Wildman–Crippen MR) is 91.2 cm³/mol. The number of hydrazine groups is 2. The summed E-state index contributed by atoms with van der Waals surface area (Å²) < 4.78 is 5.15. The standard InChI is InChI=1S/C15H36N3OP/c1-12(2)17(13(3)4)16(10-9-11-19-20)18(14(5)6)15(7)8/h12-15H,9-11,20H2,1-8H3. The Kier molecular flexibility index (Phi) is 10.2. The first-order valence-corrected chi connectivity index (χ1v) is 8.36. The second kappa shape index (κ2) is 10.1. The molecule has 0 aromatic carbocycles. The van der Waals surface area contributed by atoms with E-state index >= 15 is 0 Å². The summed E-state index contributed by atoms with van der Waals surface area (Å²) in [6.07, 6.45) is 1.02. The van der Waals surface area contributed by atoms with Gasteiger partial charge in [-0.05, 0) is 61.8 Å². The minimum absolute atomic E-state index is 0.479. The molecule has 0 amide bonds. The van der Waals surface area contributed by atoms with Crippen molar-refractivity contribution >= 4 is 9.47 Å². The number of hydrogen-bond acceptors (Lipinski definition) is 4. The lowest BCUT2D eigenvalue weighted by Crippen LogP contribution is -2.62. The van der Waals surface area contributed by atoms with Gasteiger partial charge in [0.15, 0.2) is 0 Å². The van der Waals surface area contributed by atoms with E-state index in [1.54, 1.807) is 0 Å².